The molecule has 7 nitrogen and oxygen atoms in total. The molecule has 3 aromatic rings. The van der Waals surface area contributed by atoms with Gasteiger partial charge in [-0.2, -0.15) is 5.10 Å². The highest BCUT2D eigenvalue weighted by molar-refractivity contribution is 5.65. The van der Waals surface area contributed by atoms with E-state index in [0.29, 0.717) is 43.8 Å². The lowest BCUT2D eigenvalue weighted by atomic mass is 10.1. The number of aromatic nitrogens is 2. The van der Waals surface area contributed by atoms with E-state index in [1.165, 1.54) is 12.1 Å². The maximum absolute atomic E-state index is 13.9. The Hall–Kier alpha value is -2.78. The third kappa shape index (κ3) is 7.85. The van der Waals surface area contributed by atoms with Crippen molar-refractivity contribution in [3.63, 3.8) is 0 Å². The minimum Gasteiger partial charge on any atom is -0.439 e. The highest BCUT2D eigenvalue weighted by atomic mass is 19.1. The number of ether oxygens (including phenoxy) is 3. The van der Waals surface area contributed by atoms with Crippen molar-refractivity contribution in [1.82, 2.24) is 14.7 Å². The molecule has 1 fully saturated rings. The first-order valence-electron chi connectivity index (χ1n) is 13.0. The van der Waals surface area contributed by atoms with Crippen LogP contribution in [0.5, 0.6) is 11.6 Å². The lowest BCUT2D eigenvalue weighted by Gasteiger charge is -2.28. The highest BCUT2D eigenvalue weighted by Gasteiger charge is 2.26. The number of rotatable bonds is 13. The van der Waals surface area contributed by atoms with Gasteiger partial charge in [-0.05, 0) is 30.9 Å². The molecule has 1 aliphatic rings. The summed E-state index contributed by atoms with van der Waals surface area (Å²) < 4.78 is 33.4. The average molecular weight is 512 g/mol. The first-order valence-corrected chi connectivity index (χ1v) is 13.0. The fourth-order valence-electron chi connectivity index (χ4n) is 4.59. The second-order valence-corrected chi connectivity index (χ2v) is 10.1. The number of hydrogen-bond donors (Lipinski definition) is 1. The van der Waals surface area contributed by atoms with E-state index >= 15 is 0 Å². The molecule has 1 aliphatic heterocycles. The second kappa shape index (κ2) is 13.1. The van der Waals surface area contributed by atoms with Crippen LogP contribution >= 0.6 is 0 Å². The van der Waals surface area contributed by atoms with Crippen LogP contribution in [0, 0.1) is 11.7 Å². The predicted molar refractivity (Wildman–Crippen MR) is 141 cm³/mol. The van der Waals surface area contributed by atoms with Crippen LogP contribution < -0.4 is 4.74 Å². The number of aliphatic hydroxyl groups is 1. The summed E-state index contributed by atoms with van der Waals surface area (Å²) in [5.74, 6) is 0.972. The van der Waals surface area contributed by atoms with E-state index in [9.17, 15) is 9.50 Å². The fraction of sp³-hybridized carbons (Fsp3) is 0.483. The van der Waals surface area contributed by atoms with E-state index in [0.717, 1.165) is 36.3 Å². The van der Waals surface area contributed by atoms with Gasteiger partial charge in [0.25, 0.3) is 0 Å². The molecule has 0 aliphatic carbocycles. The Bertz CT molecular complexity index is 1120. The van der Waals surface area contributed by atoms with Crippen molar-refractivity contribution in [1.29, 1.82) is 0 Å². The number of halogens is 1. The largest absolute Gasteiger partial charge is 0.439 e. The minimum atomic E-state index is -0.649. The van der Waals surface area contributed by atoms with Crippen molar-refractivity contribution in [2.24, 2.45) is 13.0 Å². The van der Waals surface area contributed by atoms with E-state index in [-0.39, 0.29) is 18.5 Å². The smallest absolute Gasteiger partial charge is 0.222 e. The molecule has 2 heterocycles. The van der Waals surface area contributed by atoms with Gasteiger partial charge in [-0.3, -0.25) is 4.90 Å². The zero-order valence-corrected chi connectivity index (χ0v) is 22.0. The van der Waals surface area contributed by atoms with E-state index in [2.05, 4.69) is 18.7 Å². The van der Waals surface area contributed by atoms with Crippen molar-refractivity contribution >= 4 is 0 Å². The quantitative estimate of drug-likeness (QED) is 0.347. The number of aryl methyl sites for hydroxylation is 1. The maximum Gasteiger partial charge on any atom is 0.222 e. The van der Waals surface area contributed by atoms with Crippen LogP contribution in [0.15, 0.2) is 54.6 Å². The Morgan fingerprint density at radius 2 is 1.97 bits per heavy atom. The van der Waals surface area contributed by atoms with Gasteiger partial charge in [-0.15, -0.1) is 0 Å². The summed E-state index contributed by atoms with van der Waals surface area (Å²) in [5.41, 5.74) is 2.61. The van der Waals surface area contributed by atoms with Crippen molar-refractivity contribution in [3.8, 4) is 22.9 Å². The third-order valence-electron chi connectivity index (χ3n) is 6.24. The molecular formula is C29H38FN3O4. The molecule has 0 saturated carbocycles. The minimum absolute atomic E-state index is 0.105. The molecule has 4 rings (SSSR count). The monoisotopic (exact) mass is 511 g/mol. The van der Waals surface area contributed by atoms with E-state index in [4.69, 9.17) is 19.3 Å². The molecule has 200 valence electrons. The van der Waals surface area contributed by atoms with Crippen LogP contribution in [-0.2, 0) is 23.1 Å². The van der Waals surface area contributed by atoms with Crippen LogP contribution in [0.3, 0.4) is 0 Å². The van der Waals surface area contributed by atoms with Gasteiger partial charge < -0.3 is 19.3 Å². The van der Waals surface area contributed by atoms with Crippen LogP contribution in [0.2, 0.25) is 0 Å². The molecule has 37 heavy (non-hydrogen) atoms. The first-order chi connectivity index (χ1) is 17.9. The number of hydrogen-bond acceptors (Lipinski definition) is 6. The van der Waals surface area contributed by atoms with Gasteiger partial charge in [0.2, 0.25) is 5.88 Å². The molecule has 0 amide bonds. The Morgan fingerprint density at radius 1 is 1.16 bits per heavy atom. The highest BCUT2D eigenvalue weighted by Crippen LogP contribution is 2.34. The zero-order chi connectivity index (χ0) is 26.2. The molecule has 0 bridgehead atoms. The number of nitrogens with zero attached hydrogens (tertiary/aromatic N) is 3. The maximum atomic E-state index is 13.9. The van der Waals surface area contributed by atoms with Gasteiger partial charge in [-0.25, -0.2) is 9.07 Å². The fourth-order valence-corrected chi connectivity index (χ4v) is 4.59. The molecule has 8 heteroatoms. The first kappa shape index (κ1) is 27.3. The van der Waals surface area contributed by atoms with Crippen molar-refractivity contribution in [2.45, 2.75) is 45.4 Å². The van der Waals surface area contributed by atoms with Crippen LogP contribution in [0.4, 0.5) is 4.39 Å². The summed E-state index contributed by atoms with van der Waals surface area (Å²) >= 11 is 0. The SMILES string of the molecule is CC(C)COC[C@H](O)CN(Cc1c(-c2ccccc2)nn(C)c1Oc1cccc(F)c1)C[C@H]1CCCO1. The van der Waals surface area contributed by atoms with Crippen LogP contribution in [-0.4, -0.2) is 64.9 Å². The Kier molecular flexibility index (Phi) is 9.68. The summed E-state index contributed by atoms with van der Waals surface area (Å²) in [6, 6.07) is 16.0. The Balaban J connectivity index is 1.63. The summed E-state index contributed by atoms with van der Waals surface area (Å²) in [7, 11) is 1.82. The van der Waals surface area contributed by atoms with Crippen LogP contribution in [0.25, 0.3) is 11.3 Å². The molecule has 1 saturated heterocycles. The van der Waals surface area contributed by atoms with Gasteiger partial charge in [0.05, 0.1) is 24.4 Å². The van der Waals surface area contributed by atoms with Crippen molar-refractivity contribution < 1.29 is 23.7 Å². The average Bonchev–Trinajstić information content (AvgIpc) is 3.48. The lowest BCUT2D eigenvalue weighted by Crippen LogP contribution is -2.39. The standard InChI is InChI=1S/C29H38FN3O4/c1-21(2)19-35-20-24(34)16-33(17-26-13-8-14-36-26)18-27-28(22-9-5-4-6-10-22)31-32(3)29(27)37-25-12-7-11-23(30)15-25/h4-7,9-12,15,21,24,26,34H,8,13-14,16-20H2,1-3H3/t24-,26-/m1/s1. The molecule has 0 unspecified atom stereocenters. The molecule has 1 N–H and O–H groups in total. The summed E-state index contributed by atoms with van der Waals surface area (Å²) in [6.45, 7) is 7.37. The second-order valence-electron chi connectivity index (χ2n) is 10.1. The Labute approximate surface area is 218 Å². The van der Waals surface area contributed by atoms with Crippen molar-refractivity contribution in [3.05, 3.63) is 66.0 Å². The lowest BCUT2D eigenvalue weighted by molar-refractivity contribution is -0.00399. The molecular weight excluding hydrogens is 473 g/mol. The van der Waals surface area contributed by atoms with Gasteiger partial charge in [-0.1, -0.05) is 50.2 Å². The molecule has 2 aromatic carbocycles. The van der Waals surface area contributed by atoms with E-state index in [1.807, 2.05) is 37.4 Å². The Morgan fingerprint density at radius 3 is 2.68 bits per heavy atom. The molecule has 2 atom stereocenters. The van der Waals surface area contributed by atoms with Gasteiger partial charge in [0.15, 0.2) is 0 Å². The van der Waals surface area contributed by atoms with E-state index < -0.39 is 6.10 Å². The predicted octanol–water partition coefficient (Wildman–Crippen LogP) is 5.03. The summed E-state index contributed by atoms with van der Waals surface area (Å²) in [6.07, 6.45) is 1.48. The molecule has 0 radical (unpaired) electrons. The van der Waals surface area contributed by atoms with E-state index in [1.54, 1.807) is 16.8 Å². The summed E-state index contributed by atoms with van der Waals surface area (Å²) in [5, 5.41) is 15.6. The van der Waals surface area contributed by atoms with Crippen molar-refractivity contribution in [2.75, 3.05) is 32.9 Å². The van der Waals surface area contributed by atoms with Gasteiger partial charge in [0.1, 0.15) is 17.3 Å². The normalized spacial score (nSPS) is 16.6. The number of benzene rings is 2. The topological polar surface area (TPSA) is 69.0 Å². The number of aliphatic hydroxyl groups excluding tert-OH is 1. The molecule has 1 aromatic heterocycles. The zero-order valence-electron chi connectivity index (χ0n) is 22.0. The third-order valence-corrected chi connectivity index (χ3v) is 6.24. The molecule has 0 spiro atoms. The summed E-state index contributed by atoms with van der Waals surface area (Å²) in [4.78, 5) is 2.18. The van der Waals surface area contributed by atoms with Gasteiger partial charge in [0, 0.05) is 51.5 Å². The van der Waals surface area contributed by atoms with Crippen LogP contribution in [0.1, 0.15) is 32.3 Å². The van der Waals surface area contributed by atoms with Gasteiger partial charge >= 0.3 is 0 Å².